The molecule has 0 aliphatic heterocycles. The summed E-state index contributed by atoms with van der Waals surface area (Å²) < 4.78 is 1.64. The fourth-order valence-corrected chi connectivity index (χ4v) is 3.87. The summed E-state index contributed by atoms with van der Waals surface area (Å²) >= 11 is 0. The Morgan fingerprint density at radius 1 is 1.25 bits per heavy atom. The molecular formula is C21H26N6O. The molecule has 1 fully saturated rings. The molecule has 1 saturated carbocycles. The number of hydrogen-bond acceptors (Lipinski definition) is 5. The SMILES string of the molecule is CCC1CCC(NC(=O)c2cnn3ccc(N(C)c4cccnc4)nc23)CC1. The van der Waals surface area contributed by atoms with Crippen LogP contribution in [0.4, 0.5) is 11.5 Å². The molecule has 1 amide bonds. The maximum atomic E-state index is 12.9. The number of amides is 1. The third kappa shape index (κ3) is 3.69. The summed E-state index contributed by atoms with van der Waals surface area (Å²) in [6, 6.07) is 5.97. The first-order valence-corrected chi connectivity index (χ1v) is 9.94. The van der Waals surface area contributed by atoms with Crippen molar-refractivity contribution in [2.24, 2.45) is 5.92 Å². The summed E-state index contributed by atoms with van der Waals surface area (Å²) in [7, 11) is 1.93. The number of pyridine rings is 1. The molecule has 1 aliphatic rings. The Bertz CT molecular complexity index is 946. The van der Waals surface area contributed by atoms with Crippen molar-refractivity contribution in [3.05, 3.63) is 48.5 Å². The molecule has 0 unspecified atom stereocenters. The van der Waals surface area contributed by atoms with Crippen LogP contribution in [0.5, 0.6) is 0 Å². The summed E-state index contributed by atoms with van der Waals surface area (Å²) in [5, 5.41) is 7.48. The van der Waals surface area contributed by atoms with Crippen LogP contribution < -0.4 is 10.2 Å². The van der Waals surface area contributed by atoms with Crippen LogP contribution >= 0.6 is 0 Å². The monoisotopic (exact) mass is 378 g/mol. The number of rotatable bonds is 5. The lowest BCUT2D eigenvalue weighted by Crippen LogP contribution is -2.37. The van der Waals surface area contributed by atoms with E-state index in [0.29, 0.717) is 11.2 Å². The molecule has 28 heavy (non-hydrogen) atoms. The fourth-order valence-electron chi connectivity index (χ4n) is 3.87. The molecule has 3 aromatic rings. The van der Waals surface area contributed by atoms with Gasteiger partial charge in [0.2, 0.25) is 0 Å². The van der Waals surface area contributed by atoms with Gasteiger partial charge in [-0.2, -0.15) is 5.10 Å². The molecular weight excluding hydrogens is 352 g/mol. The van der Waals surface area contributed by atoms with Crippen molar-refractivity contribution in [3.8, 4) is 0 Å². The third-order valence-corrected chi connectivity index (χ3v) is 5.74. The Balaban J connectivity index is 1.54. The van der Waals surface area contributed by atoms with Crippen LogP contribution in [-0.4, -0.2) is 38.6 Å². The van der Waals surface area contributed by atoms with E-state index in [1.165, 1.54) is 19.3 Å². The molecule has 4 rings (SSSR count). The van der Waals surface area contributed by atoms with E-state index >= 15 is 0 Å². The molecule has 146 valence electrons. The summed E-state index contributed by atoms with van der Waals surface area (Å²) in [5.74, 6) is 1.44. The molecule has 3 heterocycles. The molecule has 0 spiro atoms. The lowest BCUT2D eigenvalue weighted by atomic mass is 9.84. The maximum absolute atomic E-state index is 12.9. The first-order valence-electron chi connectivity index (χ1n) is 9.94. The second-order valence-electron chi connectivity index (χ2n) is 7.48. The van der Waals surface area contributed by atoms with E-state index in [4.69, 9.17) is 0 Å². The van der Waals surface area contributed by atoms with E-state index in [9.17, 15) is 4.79 Å². The predicted octanol–water partition coefficient (Wildman–Crippen LogP) is 3.59. The zero-order chi connectivity index (χ0) is 19.5. The van der Waals surface area contributed by atoms with E-state index in [-0.39, 0.29) is 11.9 Å². The number of carbonyl (C=O) groups excluding carboxylic acids is 1. The third-order valence-electron chi connectivity index (χ3n) is 5.74. The van der Waals surface area contributed by atoms with Gasteiger partial charge in [0.15, 0.2) is 5.65 Å². The van der Waals surface area contributed by atoms with Crippen molar-refractivity contribution >= 4 is 23.1 Å². The Hall–Kier alpha value is -2.96. The number of nitrogens with zero attached hydrogens (tertiary/aromatic N) is 5. The first kappa shape index (κ1) is 18.4. The van der Waals surface area contributed by atoms with Gasteiger partial charge in [0.25, 0.3) is 5.91 Å². The van der Waals surface area contributed by atoms with Gasteiger partial charge in [0.1, 0.15) is 11.4 Å². The van der Waals surface area contributed by atoms with E-state index < -0.39 is 0 Å². The normalized spacial score (nSPS) is 19.5. The van der Waals surface area contributed by atoms with Gasteiger partial charge in [-0.05, 0) is 49.8 Å². The summed E-state index contributed by atoms with van der Waals surface area (Å²) in [6.45, 7) is 2.24. The average Bonchev–Trinajstić information content (AvgIpc) is 3.18. The highest BCUT2D eigenvalue weighted by Crippen LogP contribution is 2.27. The first-order chi connectivity index (χ1) is 13.7. The zero-order valence-corrected chi connectivity index (χ0v) is 16.4. The van der Waals surface area contributed by atoms with Gasteiger partial charge in [0, 0.05) is 25.5 Å². The number of aromatic nitrogens is 4. The number of carbonyl (C=O) groups is 1. The molecule has 0 bridgehead atoms. The van der Waals surface area contributed by atoms with Gasteiger partial charge in [-0.1, -0.05) is 13.3 Å². The Labute approximate surface area is 164 Å². The number of hydrogen-bond donors (Lipinski definition) is 1. The summed E-state index contributed by atoms with van der Waals surface area (Å²) in [5.41, 5.74) is 2.00. The average molecular weight is 378 g/mol. The molecule has 7 nitrogen and oxygen atoms in total. The summed E-state index contributed by atoms with van der Waals surface area (Å²) in [4.78, 5) is 23.6. The van der Waals surface area contributed by atoms with E-state index in [1.54, 1.807) is 23.1 Å². The van der Waals surface area contributed by atoms with E-state index in [1.807, 2.05) is 36.3 Å². The second kappa shape index (κ2) is 7.96. The van der Waals surface area contributed by atoms with Gasteiger partial charge in [0.05, 0.1) is 18.1 Å². The largest absolute Gasteiger partial charge is 0.349 e. The van der Waals surface area contributed by atoms with Crippen molar-refractivity contribution in [3.63, 3.8) is 0 Å². The van der Waals surface area contributed by atoms with Crippen molar-refractivity contribution in [2.75, 3.05) is 11.9 Å². The molecule has 1 N–H and O–H groups in total. The molecule has 3 aromatic heterocycles. The number of fused-ring (bicyclic) bond motifs is 1. The van der Waals surface area contributed by atoms with E-state index in [0.717, 1.165) is 30.3 Å². The molecule has 1 aliphatic carbocycles. The highest BCUT2D eigenvalue weighted by atomic mass is 16.1. The van der Waals surface area contributed by atoms with Gasteiger partial charge >= 0.3 is 0 Å². The van der Waals surface area contributed by atoms with Crippen LogP contribution in [-0.2, 0) is 0 Å². The highest BCUT2D eigenvalue weighted by Gasteiger charge is 2.23. The maximum Gasteiger partial charge on any atom is 0.256 e. The molecule has 0 saturated heterocycles. The minimum atomic E-state index is -0.0939. The lowest BCUT2D eigenvalue weighted by Gasteiger charge is -2.28. The number of anilines is 2. The van der Waals surface area contributed by atoms with Gasteiger partial charge in [-0.25, -0.2) is 9.50 Å². The van der Waals surface area contributed by atoms with Crippen LogP contribution in [0.3, 0.4) is 0 Å². The minimum absolute atomic E-state index is 0.0939. The van der Waals surface area contributed by atoms with Crippen LogP contribution in [0.25, 0.3) is 5.65 Å². The highest BCUT2D eigenvalue weighted by molar-refractivity contribution is 6.00. The van der Waals surface area contributed by atoms with Crippen molar-refractivity contribution < 1.29 is 4.79 Å². The molecule has 0 atom stereocenters. The van der Waals surface area contributed by atoms with Gasteiger partial charge < -0.3 is 10.2 Å². The Morgan fingerprint density at radius 3 is 2.79 bits per heavy atom. The minimum Gasteiger partial charge on any atom is -0.349 e. The van der Waals surface area contributed by atoms with Crippen molar-refractivity contribution in [1.82, 2.24) is 24.9 Å². The molecule has 7 heteroatoms. The van der Waals surface area contributed by atoms with Gasteiger partial charge in [-0.15, -0.1) is 0 Å². The van der Waals surface area contributed by atoms with Crippen molar-refractivity contribution in [2.45, 2.75) is 45.1 Å². The molecule has 0 radical (unpaired) electrons. The van der Waals surface area contributed by atoms with E-state index in [2.05, 4.69) is 27.3 Å². The standard InChI is InChI=1S/C21H26N6O/c1-3-15-6-8-16(9-7-15)24-21(28)18-14-23-27-12-10-19(25-20(18)27)26(2)17-5-4-11-22-13-17/h4-5,10-16H,3,6-9H2,1-2H3,(H,24,28). The fraction of sp³-hybridized carbons (Fsp3) is 0.429. The van der Waals surface area contributed by atoms with Crippen LogP contribution in [0, 0.1) is 5.92 Å². The van der Waals surface area contributed by atoms with Crippen LogP contribution in [0.15, 0.2) is 43.0 Å². The molecule has 0 aromatic carbocycles. The lowest BCUT2D eigenvalue weighted by molar-refractivity contribution is 0.0923. The zero-order valence-electron chi connectivity index (χ0n) is 16.4. The quantitative estimate of drug-likeness (QED) is 0.734. The Kier molecular flexibility index (Phi) is 5.23. The summed E-state index contributed by atoms with van der Waals surface area (Å²) in [6.07, 6.45) is 12.6. The second-order valence-corrected chi connectivity index (χ2v) is 7.48. The topological polar surface area (TPSA) is 75.4 Å². The van der Waals surface area contributed by atoms with Crippen LogP contribution in [0.1, 0.15) is 49.4 Å². The number of nitrogens with one attached hydrogen (secondary N) is 1. The Morgan fingerprint density at radius 2 is 2.07 bits per heavy atom. The van der Waals surface area contributed by atoms with Gasteiger partial charge in [-0.3, -0.25) is 9.78 Å². The van der Waals surface area contributed by atoms with Crippen LogP contribution in [0.2, 0.25) is 0 Å². The predicted molar refractivity (Wildman–Crippen MR) is 109 cm³/mol. The smallest absolute Gasteiger partial charge is 0.256 e. The van der Waals surface area contributed by atoms with Crippen molar-refractivity contribution in [1.29, 1.82) is 0 Å².